The molecule has 0 spiro atoms. The summed E-state index contributed by atoms with van der Waals surface area (Å²) in [5, 5.41) is 12.4. The summed E-state index contributed by atoms with van der Waals surface area (Å²) in [5.74, 6) is 1.80. The van der Waals surface area contributed by atoms with Gasteiger partial charge in [0, 0.05) is 12.2 Å². The fourth-order valence-electron chi connectivity index (χ4n) is 3.45. The van der Waals surface area contributed by atoms with E-state index in [4.69, 9.17) is 4.74 Å². The predicted octanol–water partition coefficient (Wildman–Crippen LogP) is 5.35. The third-order valence-electron chi connectivity index (χ3n) is 5.06. The molecule has 1 unspecified atom stereocenters. The van der Waals surface area contributed by atoms with E-state index in [2.05, 4.69) is 35.4 Å². The normalized spacial score (nSPS) is 11.9. The number of benzene rings is 2. The van der Waals surface area contributed by atoms with E-state index in [1.807, 2.05) is 61.7 Å². The minimum Gasteiger partial charge on any atom is -0.482 e. The maximum absolute atomic E-state index is 12.5. The second-order valence-electron chi connectivity index (χ2n) is 7.46. The lowest BCUT2D eigenvalue weighted by Crippen LogP contribution is -2.16. The fourth-order valence-corrected chi connectivity index (χ4v) is 4.26. The molecule has 1 aromatic heterocycles. The van der Waals surface area contributed by atoms with Crippen molar-refractivity contribution in [1.82, 2.24) is 14.8 Å². The van der Waals surface area contributed by atoms with Gasteiger partial charge < -0.3 is 14.6 Å². The van der Waals surface area contributed by atoms with Crippen LogP contribution in [0.5, 0.6) is 5.75 Å². The van der Waals surface area contributed by atoms with Gasteiger partial charge in [-0.05, 0) is 57.4 Å². The lowest BCUT2D eigenvalue weighted by atomic mass is 10.1. The van der Waals surface area contributed by atoms with E-state index in [-0.39, 0.29) is 17.8 Å². The van der Waals surface area contributed by atoms with Crippen LogP contribution < -0.4 is 10.1 Å². The van der Waals surface area contributed by atoms with Crippen LogP contribution in [0.15, 0.2) is 47.6 Å². The monoisotopic (exact) mass is 438 g/mol. The first-order chi connectivity index (χ1) is 14.9. The summed E-state index contributed by atoms with van der Waals surface area (Å²) < 4.78 is 8.17. The SMILES string of the molecule is CCc1ccccc1NC(=O)CSc1nnc(C(C)Oc2ccc(C)cc2C)n1CC. The van der Waals surface area contributed by atoms with Gasteiger partial charge in [-0.3, -0.25) is 4.79 Å². The minimum atomic E-state index is -0.256. The van der Waals surface area contributed by atoms with Crippen LogP contribution in [-0.2, 0) is 17.8 Å². The Balaban J connectivity index is 1.66. The Morgan fingerprint density at radius 1 is 1.16 bits per heavy atom. The molecule has 2 aromatic carbocycles. The number of nitrogens with zero attached hydrogens (tertiary/aromatic N) is 3. The highest BCUT2D eigenvalue weighted by Crippen LogP contribution is 2.27. The van der Waals surface area contributed by atoms with E-state index in [0.717, 1.165) is 34.8 Å². The molecule has 164 valence electrons. The highest BCUT2D eigenvalue weighted by Gasteiger charge is 2.20. The van der Waals surface area contributed by atoms with Crippen LogP contribution in [0, 0.1) is 13.8 Å². The first-order valence-electron chi connectivity index (χ1n) is 10.6. The number of amides is 1. The first kappa shape index (κ1) is 22.9. The van der Waals surface area contributed by atoms with Crippen molar-refractivity contribution >= 4 is 23.4 Å². The summed E-state index contributed by atoms with van der Waals surface area (Å²) in [6, 6.07) is 14.0. The summed E-state index contributed by atoms with van der Waals surface area (Å²) in [5.41, 5.74) is 4.28. The van der Waals surface area contributed by atoms with Crippen molar-refractivity contribution in [2.75, 3.05) is 11.1 Å². The van der Waals surface area contributed by atoms with Gasteiger partial charge in [-0.1, -0.05) is 54.6 Å². The van der Waals surface area contributed by atoms with E-state index in [1.54, 1.807) is 0 Å². The molecule has 0 saturated carbocycles. The number of aryl methyl sites for hydroxylation is 3. The number of nitrogens with one attached hydrogen (secondary N) is 1. The second-order valence-corrected chi connectivity index (χ2v) is 8.40. The van der Waals surface area contributed by atoms with Crippen molar-refractivity contribution in [3.63, 3.8) is 0 Å². The molecule has 0 aliphatic carbocycles. The molecule has 1 heterocycles. The van der Waals surface area contributed by atoms with Gasteiger partial charge in [-0.15, -0.1) is 10.2 Å². The average Bonchev–Trinajstić information content (AvgIpc) is 3.17. The summed E-state index contributed by atoms with van der Waals surface area (Å²) in [6.07, 6.45) is 0.614. The maximum Gasteiger partial charge on any atom is 0.234 e. The smallest absolute Gasteiger partial charge is 0.234 e. The van der Waals surface area contributed by atoms with E-state index < -0.39 is 0 Å². The van der Waals surface area contributed by atoms with Gasteiger partial charge in [0.2, 0.25) is 5.91 Å². The van der Waals surface area contributed by atoms with Gasteiger partial charge in [0.05, 0.1) is 5.75 Å². The first-order valence-corrected chi connectivity index (χ1v) is 11.6. The summed E-state index contributed by atoms with van der Waals surface area (Å²) in [7, 11) is 0. The van der Waals surface area contributed by atoms with Crippen LogP contribution in [0.4, 0.5) is 5.69 Å². The van der Waals surface area contributed by atoms with E-state index in [9.17, 15) is 4.79 Å². The molecule has 0 aliphatic heterocycles. The Kier molecular flexibility index (Phi) is 7.74. The number of ether oxygens (including phenoxy) is 1. The molecule has 0 saturated heterocycles. The Bertz CT molecular complexity index is 1050. The van der Waals surface area contributed by atoms with Crippen molar-refractivity contribution in [2.45, 2.75) is 58.8 Å². The number of aromatic nitrogens is 3. The van der Waals surface area contributed by atoms with Crippen molar-refractivity contribution in [3.05, 3.63) is 65.0 Å². The number of rotatable bonds is 9. The molecule has 1 amide bonds. The largest absolute Gasteiger partial charge is 0.482 e. The summed E-state index contributed by atoms with van der Waals surface area (Å²) in [4.78, 5) is 12.5. The molecule has 0 bridgehead atoms. The molecular formula is C24H30N4O2S. The van der Waals surface area contributed by atoms with Crippen LogP contribution >= 0.6 is 11.8 Å². The number of anilines is 1. The van der Waals surface area contributed by atoms with Gasteiger partial charge in [-0.25, -0.2) is 0 Å². The molecule has 0 fully saturated rings. The van der Waals surface area contributed by atoms with Gasteiger partial charge in [-0.2, -0.15) is 0 Å². The van der Waals surface area contributed by atoms with Crippen molar-refractivity contribution in [2.24, 2.45) is 0 Å². The van der Waals surface area contributed by atoms with Crippen molar-refractivity contribution in [1.29, 1.82) is 0 Å². The van der Waals surface area contributed by atoms with Gasteiger partial charge in [0.25, 0.3) is 0 Å². The zero-order valence-corrected chi connectivity index (χ0v) is 19.6. The van der Waals surface area contributed by atoms with Crippen molar-refractivity contribution < 1.29 is 9.53 Å². The number of hydrogen-bond acceptors (Lipinski definition) is 5. The molecule has 0 aliphatic rings. The van der Waals surface area contributed by atoms with Gasteiger partial charge in [0.15, 0.2) is 17.1 Å². The van der Waals surface area contributed by atoms with Crippen molar-refractivity contribution in [3.8, 4) is 5.75 Å². The Hall–Kier alpha value is -2.80. The van der Waals surface area contributed by atoms with E-state index in [0.29, 0.717) is 11.7 Å². The molecule has 3 rings (SSSR count). The maximum atomic E-state index is 12.5. The lowest BCUT2D eigenvalue weighted by molar-refractivity contribution is -0.113. The minimum absolute atomic E-state index is 0.0577. The van der Waals surface area contributed by atoms with Crippen LogP contribution in [0.3, 0.4) is 0 Å². The number of carbonyl (C=O) groups is 1. The average molecular weight is 439 g/mol. The number of para-hydroxylation sites is 1. The molecule has 31 heavy (non-hydrogen) atoms. The Morgan fingerprint density at radius 2 is 1.94 bits per heavy atom. The quantitative estimate of drug-likeness (QED) is 0.456. The lowest BCUT2D eigenvalue weighted by Gasteiger charge is -2.17. The third kappa shape index (κ3) is 5.67. The topological polar surface area (TPSA) is 69.0 Å². The Labute approximate surface area is 188 Å². The summed E-state index contributed by atoms with van der Waals surface area (Å²) in [6.45, 7) is 10.9. The van der Waals surface area contributed by atoms with Crippen LogP contribution in [0.1, 0.15) is 49.4 Å². The van der Waals surface area contributed by atoms with Crippen LogP contribution in [-0.4, -0.2) is 26.4 Å². The van der Waals surface area contributed by atoms with Gasteiger partial charge >= 0.3 is 0 Å². The molecule has 1 atom stereocenters. The zero-order valence-electron chi connectivity index (χ0n) is 18.8. The third-order valence-corrected chi connectivity index (χ3v) is 6.03. The number of hydrogen-bond donors (Lipinski definition) is 1. The summed E-state index contributed by atoms with van der Waals surface area (Å²) >= 11 is 1.38. The van der Waals surface area contributed by atoms with E-state index in [1.165, 1.54) is 17.3 Å². The van der Waals surface area contributed by atoms with Crippen LogP contribution in [0.25, 0.3) is 0 Å². The standard InChI is InChI=1S/C24H30N4O2S/c1-6-19-10-8-9-11-20(19)25-22(29)15-31-24-27-26-23(28(24)7-2)18(5)30-21-13-12-16(3)14-17(21)4/h8-14,18H,6-7,15H2,1-5H3,(H,25,29). The highest BCUT2D eigenvalue weighted by molar-refractivity contribution is 7.99. The molecule has 0 radical (unpaired) electrons. The Morgan fingerprint density at radius 3 is 2.65 bits per heavy atom. The van der Waals surface area contributed by atoms with Crippen LogP contribution in [0.2, 0.25) is 0 Å². The molecule has 1 N–H and O–H groups in total. The van der Waals surface area contributed by atoms with Gasteiger partial charge in [0.1, 0.15) is 5.75 Å². The molecule has 3 aromatic rings. The highest BCUT2D eigenvalue weighted by atomic mass is 32.2. The number of thioether (sulfide) groups is 1. The fraction of sp³-hybridized carbons (Fsp3) is 0.375. The zero-order chi connectivity index (χ0) is 22.4. The number of carbonyl (C=O) groups excluding carboxylic acids is 1. The predicted molar refractivity (Wildman–Crippen MR) is 126 cm³/mol. The molecule has 7 heteroatoms. The molecule has 6 nitrogen and oxygen atoms in total. The second kappa shape index (κ2) is 10.5. The van der Waals surface area contributed by atoms with E-state index >= 15 is 0 Å². The molecular weight excluding hydrogens is 408 g/mol.